The van der Waals surface area contributed by atoms with Crippen molar-refractivity contribution >= 4 is 16.7 Å². The van der Waals surface area contributed by atoms with Gasteiger partial charge in [0.1, 0.15) is 17.0 Å². The maximum Gasteiger partial charge on any atom is 0.163 e. The van der Waals surface area contributed by atoms with Gasteiger partial charge in [0.2, 0.25) is 0 Å². The van der Waals surface area contributed by atoms with Gasteiger partial charge < -0.3 is 9.47 Å². The van der Waals surface area contributed by atoms with Crippen LogP contribution in [-0.4, -0.2) is 24.0 Å². The van der Waals surface area contributed by atoms with Crippen LogP contribution in [0.15, 0.2) is 60.8 Å². The summed E-state index contributed by atoms with van der Waals surface area (Å²) in [6, 6.07) is 17.1. The van der Waals surface area contributed by atoms with E-state index >= 15 is 0 Å². The third kappa shape index (κ3) is 3.71. The Morgan fingerprint density at radius 3 is 2.46 bits per heavy atom. The van der Waals surface area contributed by atoms with Crippen molar-refractivity contribution in [3.05, 3.63) is 66.4 Å². The highest BCUT2D eigenvalue weighted by Gasteiger charge is 2.07. The number of carbonyl (C=O) groups excluding carboxylic acids is 1. The van der Waals surface area contributed by atoms with Gasteiger partial charge in [0, 0.05) is 18.0 Å². The van der Waals surface area contributed by atoms with E-state index in [1.807, 2.05) is 48.5 Å². The molecule has 1 heterocycles. The summed E-state index contributed by atoms with van der Waals surface area (Å²) < 4.78 is 11.5. The van der Waals surface area contributed by atoms with Crippen molar-refractivity contribution in [1.29, 1.82) is 0 Å². The van der Waals surface area contributed by atoms with Gasteiger partial charge in [-0.25, -0.2) is 0 Å². The van der Waals surface area contributed by atoms with Gasteiger partial charge in [0.25, 0.3) is 0 Å². The van der Waals surface area contributed by atoms with Gasteiger partial charge in [-0.3, -0.25) is 9.78 Å². The zero-order chi connectivity index (χ0) is 16.8. The van der Waals surface area contributed by atoms with Crippen LogP contribution in [0.4, 0.5) is 0 Å². The Morgan fingerprint density at radius 1 is 0.917 bits per heavy atom. The summed E-state index contributed by atoms with van der Waals surface area (Å²) in [5, 5.41) is 1.06. The number of aromatic nitrogens is 1. The summed E-state index contributed by atoms with van der Waals surface area (Å²) in [6.45, 7) is 2.55. The molecule has 0 saturated heterocycles. The van der Waals surface area contributed by atoms with Crippen molar-refractivity contribution in [2.45, 2.75) is 13.3 Å². The highest BCUT2D eigenvalue weighted by molar-refractivity contribution is 5.96. The average molecular weight is 321 g/mol. The fourth-order valence-electron chi connectivity index (χ4n) is 2.50. The zero-order valence-electron chi connectivity index (χ0n) is 13.6. The lowest BCUT2D eigenvalue weighted by molar-refractivity contribution is 0.101. The van der Waals surface area contributed by atoms with E-state index in [9.17, 15) is 4.79 Å². The van der Waals surface area contributed by atoms with Gasteiger partial charge >= 0.3 is 0 Å². The summed E-state index contributed by atoms with van der Waals surface area (Å²) in [7, 11) is 0. The Bertz CT molecular complexity index is 840. The maximum absolute atomic E-state index is 11.6. The second-order valence-electron chi connectivity index (χ2n) is 5.43. The van der Waals surface area contributed by atoms with E-state index in [-0.39, 0.29) is 5.78 Å². The Hall–Kier alpha value is -2.88. The molecule has 24 heavy (non-hydrogen) atoms. The normalized spacial score (nSPS) is 10.5. The number of hydrogen-bond acceptors (Lipinski definition) is 4. The molecule has 0 radical (unpaired) electrons. The molecule has 4 nitrogen and oxygen atoms in total. The molecule has 0 atom stereocenters. The minimum Gasteiger partial charge on any atom is -0.493 e. The molecule has 0 saturated carbocycles. The monoisotopic (exact) mass is 321 g/mol. The maximum atomic E-state index is 11.6. The standard InChI is InChI=1S/C20H19NO3/c1-15(22)17-9-2-3-10-18(17)23-13-6-14-24-19-11-4-7-16-8-5-12-21-20(16)19/h2-5,7-12H,6,13-14H2,1H3. The lowest BCUT2D eigenvalue weighted by Gasteiger charge is -2.11. The molecule has 0 aliphatic rings. The van der Waals surface area contributed by atoms with Gasteiger partial charge in [0.15, 0.2) is 5.78 Å². The van der Waals surface area contributed by atoms with Crippen LogP contribution >= 0.6 is 0 Å². The van der Waals surface area contributed by atoms with Gasteiger partial charge in [-0.05, 0) is 31.2 Å². The zero-order valence-corrected chi connectivity index (χ0v) is 13.6. The lowest BCUT2D eigenvalue weighted by Crippen LogP contribution is -2.07. The molecule has 4 heteroatoms. The summed E-state index contributed by atoms with van der Waals surface area (Å²) in [6.07, 6.45) is 2.48. The van der Waals surface area contributed by atoms with Gasteiger partial charge in [-0.1, -0.05) is 30.3 Å². The first-order chi connectivity index (χ1) is 11.8. The van der Waals surface area contributed by atoms with E-state index < -0.39 is 0 Å². The predicted molar refractivity (Wildman–Crippen MR) is 93.8 cm³/mol. The molecular formula is C20H19NO3. The Labute approximate surface area is 141 Å². The number of ether oxygens (including phenoxy) is 2. The topological polar surface area (TPSA) is 48.4 Å². The average Bonchev–Trinajstić information content (AvgIpc) is 2.62. The molecule has 0 amide bonds. The third-order valence-electron chi connectivity index (χ3n) is 3.67. The Kier molecular flexibility index (Phi) is 5.06. The first-order valence-electron chi connectivity index (χ1n) is 7.95. The number of Topliss-reactive ketones (excluding diaryl/α,β-unsaturated/α-hetero) is 1. The summed E-state index contributed by atoms with van der Waals surface area (Å²) in [5.41, 5.74) is 1.47. The predicted octanol–water partition coefficient (Wildman–Crippen LogP) is 4.29. The smallest absolute Gasteiger partial charge is 0.163 e. The number of para-hydroxylation sites is 2. The summed E-state index contributed by atoms with van der Waals surface area (Å²) in [4.78, 5) is 15.9. The molecule has 0 N–H and O–H groups in total. The van der Waals surface area contributed by atoms with Crippen LogP contribution in [0, 0.1) is 0 Å². The molecule has 122 valence electrons. The van der Waals surface area contributed by atoms with Crippen molar-refractivity contribution in [2.24, 2.45) is 0 Å². The first kappa shape index (κ1) is 16.0. The van der Waals surface area contributed by atoms with Gasteiger partial charge in [-0.2, -0.15) is 0 Å². The van der Waals surface area contributed by atoms with Crippen LogP contribution < -0.4 is 9.47 Å². The Morgan fingerprint density at radius 2 is 1.62 bits per heavy atom. The number of pyridine rings is 1. The summed E-state index contributed by atoms with van der Waals surface area (Å²) in [5.74, 6) is 1.40. The molecule has 1 aromatic heterocycles. The van der Waals surface area contributed by atoms with E-state index in [1.54, 1.807) is 19.2 Å². The van der Waals surface area contributed by atoms with Crippen LogP contribution in [0.5, 0.6) is 11.5 Å². The number of rotatable bonds is 7. The van der Waals surface area contributed by atoms with E-state index in [0.29, 0.717) is 24.5 Å². The second kappa shape index (κ2) is 7.59. The van der Waals surface area contributed by atoms with E-state index in [2.05, 4.69) is 4.98 Å². The molecule has 3 rings (SSSR count). The molecule has 0 bridgehead atoms. The minimum atomic E-state index is 0.00341. The molecule has 0 aliphatic carbocycles. The van der Waals surface area contributed by atoms with Gasteiger partial charge in [0.05, 0.1) is 18.8 Å². The fourth-order valence-corrected chi connectivity index (χ4v) is 2.50. The first-order valence-corrected chi connectivity index (χ1v) is 7.95. The number of benzene rings is 2. The number of carbonyl (C=O) groups is 1. The minimum absolute atomic E-state index is 0.00341. The lowest BCUT2D eigenvalue weighted by atomic mass is 10.1. The molecule has 3 aromatic rings. The molecule has 0 fully saturated rings. The molecule has 0 aliphatic heterocycles. The number of fused-ring (bicyclic) bond motifs is 1. The highest BCUT2D eigenvalue weighted by atomic mass is 16.5. The quantitative estimate of drug-likeness (QED) is 0.481. The number of nitrogens with zero attached hydrogens (tertiary/aromatic N) is 1. The number of ketones is 1. The second-order valence-corrected chi connectivity index (χ2v) is 5.43. The van der Waals surface area contributed by atoms with Crippen molar-refractivity contribution in [2.75, 3.05) is 13.2 Å². The van der Waals surface area contributed by atoms with Crippen LogP contribution in [0.25, 0.3) is 10.9 Å². The fraction of sp³-hybridized carbons (Fsp3) is 0.200. The van der Waals surface area contributed by atoms with Crippen molar-refractivity contribution in [3.8, 4) is 11.5 Å². The highest BCUT2D eigenvalue weighted by Crippen LogP contribution is 2.23. The van der Waals surface area contributed by atoms with Crippen molar-refractivity contribution < 1.29 is 14.3 Å². The number of hydrogen-bond donors (Lipinski definition) is 0. The molecule has 0 unspecified atom stereocenters. The van der Waals surface area contributed by atoms with Crippen LogP contribution in [0.3, 0.4) is 0 Å². The van der Waals surface area contributed by atoms with Crippen molar-refractivity contribution in [1.82, 2.24) is 4.98 Å². The van der Waals surface area contributed by atoms with Crippen LogP contribution in [-0.2, 0) is 0 Å². The van der Waals surface area contributed by atoms with Gasteiger partial charge in [-0.15, -0.1) is 0 Å². The van der Waals surface area contributed by atoms with Crippen molar-refractivity contribution in [3.63, 3.8) is 0 Å². The van der Waals surface area contributed by atoms with Crippen LogP contribution in [0.1, 0.15) is 23.7 Å². The molecular weight excluding hydrogens is 302 g/mol. The summed E-state index contributed by atoms with van der Waals surface area (Å²) >= 11 is 0. The van der Waals surface area contributed by atoms with E-state index in [4.69, 9.17) is 9.47 Å². The SMILES string of the molecule is CC(=O)c1ccccc1OCCCOc1cccc2cccnc12. The molecule has 0 spiro atoms. The molecule has 2 aromatic carbocycles. The Balaban J connectivity index is 1.53. The van der Waals surface area contributed by atoms with Crippen LogP contribution in [0.2, 0.25) is 0 Å². The van der Waals surface area contributed by atoms with E-state index in [0.717, 1.165) is 23.1 Å². The third-order valence-corrected chi connectivity index (χ3v) is 3.67. The largest absolute Gasteiger partial charge is 0.493 e. The van der Waals surface area contributed by atoms with E-state index in [1.165, 1.54) is 0 Å².